The molecule has 1 saturated carbocycles. The first kappa shape index (κ1) is 19.0. The van der Waals surface area contributed by atoms with Gasteiger partial charge in [0.2, 0.25) is 5.91 Å². The lowest BCUT2D eigenvalue weighted by Gasteiger charge is -2.31. The van der Waals surface area contributed by atoms with Crippen molar-refractivity contribution in [1.82, 2.24) is 10.2 Å². The Morgan fingerprint density at radius 2 is 2.15 bits per heavy atom. The maximum Gasteiger partial charge on any atom is 0.311 e. The standard InChI is InChI=1S/C19H23N3O5/c20-13-19(6-2-1-3-7-19)21-16(23)12-27-18(25)14-9-17(24)22(10-14)11-15-5-4-8-26-15/h4-5,8,14H,1-3,6-7,9-12H2,(H,21,23)/t14-/m1/s1. The molecule has 0 aromatic carbocycles. The minimum Gasteiger partial charge on any atom is -0.467 e. The van der Waals surface area contributed by atoms with E-state index in [9.17, 15) is 19.6 Å². The fraction of sp³-hybridized carbons (Fsp3) is 0.579. The second-order valence-corrected chi connectivity index (χ2v) is 7.17. The number of nitrogens with zero attached hydrogens (tertiary/aromatic N) is 2. The summed E-state index contributed by atoms with van der Waals surface area (Å²) in [5, 5.41) is 12.1. The lowest BCUT2D eigenvalue weighted by Crippen LogP contribution is -2.50. The number of hydrogen-bond donors (Lipinski definition) is 1. The number of amides is 2. The van der Waals surface area contributed by atoms with E-state index in [0.29, 0.717) is 25.1 Å². The van der Waals surface area contributed by atoms with Gasteiger partial charge in [-0.1, -0.05) is 19.3 Å². The van der Waals surface area contributed by atoms with Crippen molar-refractivity contribution in [1.29, 1.82) is 5.26 Å². The highest BCUT2D eigenvalue weighted by Crippen LogP contribution is 2.27. The van der Waals surface area contributed by atoms with Crippen LogP contribution < -0.4 is 5.32 Å². The van der Waals surface area contributed by atoms with Crippen LogP contribution in [-0.4, -0.2) is 41.4 Å². The second kappa shape index (κ2) is 8.25. The van der Waals surface area contributed by atoms with E-state index in [-0.39, 0.29) is 18.9 Å². The Morgan fingerprint density at radius 1 is 1.37 bits per heavy atom. The van der Waals surface area contributed by atoms with E-state index < -0.39 is 29.9 Å². The fourth-order valence-electron chi connectivity index (χ4n) is 3.65. The molecule has 3 rings (SSSR count). The second-order valence-electron chi connectivity index (χ2n) is 7.17. The van der Waals surface area contributed by atoms with Gasteiger partial charge >= 0.3 is 5.97 Å². The van der Waals surface area contributed by atoms with Crippen molar-refractivity contribution in [3.05, 3.63) is 24.2 Å². The van der Waals surface area contributed by atoms with Gasteiger partial charge in [-0.15, -0.1) is 0 Å². The molecule has 1 aromatic heterocycles. The third-order valence-electron chi connectivity index (χ3n) is 5.12. The maximum atomic E-state index is 12.2. The van der Waals surface area contributed by atoms with Gasteiger partial charge in [-0.3, -0.25) is 14.4 Å². The van der Waals surface area contributed by atoms with E-state index >= 15 is 0 Å². The van der Waals surface area contributed by atoms with Crippen LogP contribution in [0.15, 0.2) is 22.8 Å². The number of esters is 1. The molecule has 2 amide bonds. The number of furan rings is 1. The van der Waals surface area contributed by atoms with E-state index in [1.165, 1.54) is 11.2 Å². The number of nitrogens with one attached hydrogen (secondary N) is 1. The van der Waals surface area contributed by atoms with Crippen LogP contribution >= 0.6 is 0 Å². The zero-order chi connectivity index (χ0) is 19.3. The average molecular weight is 373 g/mol. The maximum absolute atomic E-state index is 12.2. The Kier molecular flexibility index (Phi) is 5.79. The van der Waals surface area contributed by atoms with E-state index in [1.807, 2.05) is 0 Å². The van der Waals surface area contributed by atoms with Crippen molar-refractivity contribution in [2.24, 2.45) is 5.92 Å². The molecule has 8 heteroatoms. The predicted molar refractivity (Wildman–Crippen MR) is 92.8 cm³/mol. The van der Waals surface area contributed by atoms with Crippen LogP contribution in [0.2, 0.25) is 0 Å². The first-order valence-corrected chi connectivity index (χ1v) is 9.20. The molecule has 2 heterocycles. The molecule has 2 aliphatic rings. The summed E-state index contributed by atoms with van der Waals surface area (Å²) in [7, 11) is 0. The molecule has 1 aliphatic heterocycles. The van der Waals surface area contributed by atoms with E-state index in [0.717, 1.165) is 19.3 Å². The number of nitriles is 1. The third-order valence-corrected chi connectivity index (χ3v) is 5.12. The van der Waals surface area contributed by atoms with Crippen LogP contribution in [0.5, 0.6) is 0 Å². The summed E-state index contributed by atoms with van der Waals surface area (Å²) >= 11 is 0. The van der Waals surface area contributed by atoms with Crippen LogP contribution in [0.1, 0.15) is 44.3 Å². The van der Waals surface area contributed by atoms with Gasteiger partial charge in [-0.25, -0.2) is 0 Å². The molecule has 1 N–H and O–H groups in total. The Morgan fingerprint density at radius 3 is 2.81 bits per heavy atom. The highest BCUT2D eigenvalue weighted by Gasteiger charge is 2.37. The number of hydrogen-bond acceptors (Lipinski definition) is 6. The highest BCUT2D eigenvalue weighted by molar-refractivity contribution is 5.88. The number of carbonyl (C=O) groups is 3. The Balaban J connectivity index is 1.45. The number of ether oxygens (including phenoxy) is 1. The van der Waals surface area contributed by atoms with Gasteiger partial charge in [0.05, 0.1) is 24.8 Å². The van der Waals surface area contributed by atoms with Gasteiger partial charge in [-0.2, -0.15) is 5.26 Å². The lowest BCUT2D eigenvalue weighted by atomic mass is 9.83. The van der Waals surface area contributed by atoms with Gasteiger partial charge < -0.3 is 19.4 Å². The van der Waals surface area contributed by atoms with Crippen LogP contribution in [0.25, 0.3) is 0 Å². The van der Waals surface area contributed by atoms with Crippen molar-refractivity contribution in [2.45, 2.75) is 50.6 Å². The molecule has 1 aliphatic carbocycles. The van der Waals surface area contributed by atoms with Crippen molar-refractivity contribution in [3.8, 4) is 6.07 Å². The summed E-state index contributed by atoms with van der Waals surface area (Å²) in [4.78, 5) is 37.9. The first-order valence-electron chi connectivity index (χ1n) is 9.20. The minimum atomic E-state index is -0.856. The van der Waals surface area contributed by atoms with Crippen molar-refractivity contribution in [3.63, 3.8) is 0 Å². The summed E-state index contributed by atoms with van der Waals surface area (Å²) in [6.45, 7) is 0.105. The van der Waals surface area contributed by atoms with Crippen LogP contribution in [0.4, 0.5) is 0 Å². The smallest absolute Gasteiger partial charge is 0.311 e. The molecule has 0 spiro atoms. The van der Waals surface area contributed by atoms with E-state index in [1.54, 1.807) is 12.1 Å². The monoisotopic (exact) mass is 373 g/mol. The zero-order valence-corrected chi connectivity index (χ0v) is 15.1. The number of likely N-dealkylation sites (tertiary alicyclic amines) is 1. The largest absolute Gasteiger partial charge is 0.467 e. The quantitative estimate of drug-likeness (QED) is 0.757. The molecular formula is C19H23N3O5. The summed E-state index contributed by atoms with van der Waals surface area (Å²) in [5.41, 5.74) is -0.856. The molecule has 1 aromatic rings. The SMILES string of the molecule is N#CC1(NC(=O)COC(=O)[C@@H]2CC(=O)N(Cc3ccco3)C2)CCCCC1. The summed E-state index contributed by atoms with van der Waals surface area (Å²) in [6, 6.07) is 5.69. The molecule has 1 atom stereocenters. The molecule has 27 heavy (non-hydrogen) atoms. The Labute approximate surface area is 157 Å². The summed E-state index contributed by atoms with van der Waals surface area (Å²) in [6.07, 6.45) is 5.65. The Hall–Kier alpha value is -2.82. The molecule has 8 nitrogen and oxygen atoms in total. The summed E-state index contributed by atoms with van der Waals surface area (Å²) < 4.78 is 10.3. The molecule has 0 unspecified atom stereocenters. The fourth-order valence-corrected chi connectivity index (χ4v) is 3.65. The topological polar surface area (TPSA) is 113 Å². The molecule has 0 radical (unpaired) electrons. The molecule has 1 saturated heterocycles. The normalized spacial score (nSPS) is 21.5. The van der Waals surface area contributed by atoms with Gasteiger partial charge in [0.25, 0.3) is 5.91 Å². The zero-order valence-electron chi connectivity index (χ0n) is 15.1. The van der Waals surface area contributed by atoms with Gasteiger partial charge in [0.1, 0.15) is 11.3 Å². The van der Waals surface area contributed by atoms with E-state index in [4.69, 9.17) is 9.15 Å². The van der Waals surface area contributed by atoms with Crippen LogP contribution in [0.3, 0.4) is 0 Å². The van der Waals surface area contributed by atoms with Gasteiger partial charge in [0, 0.05) is 13.0 Å². The Bertz CT molecular complexity index is 731. The summed E-state index contributed by atoms with van der Waals surface area (Å²) in [5.74, 6) is -1.16. The number of carbonyl (C=O) groups excluding carboxylic acids is 3. The molecule has 2 fully saturated rings. The third kappa shape index (κ3) is 4.67. The molecule has 0 bridgehead atoms. The van der Waals surface area contributed by atoms with Crippen molar-refractivity contribution >= 4 is 17.8 Å². The molecule has 144 valence electrons. The molecular weight excluding hydrogens is 350 g/mol. The van der Waals surface area contributed by atoms with Crippen LogP contribution in [-0.2, 0) is 25.7 Å². The lowest BCUT2D eigenvalue weighted by molar-refractivity contribution is -0.152. The van der Waals surface area contributed by atoms with Crippen molar-refractivity contribution < 1.29 is 23.5 Å². The van der Waals surface area contributed by atoms with Gasteiger partial charge in [0.15, 0.2) is 6.61 Å². The van der Waals surface area contributed by atoms with Gasteiger partial charge in [-0.05, 0) is 25.0 Å². The van der Waals surface area contributed by atoms with Crippen LogP contribution in [0, 0.1) is 17.2 Å². The van der Waals surface area contributed by atoms with Crippen molar-refractivity contribution in [2.75, 3.05) is 13.2 Å². The average Bonchev–Trinajstić information content (AvgIpc) is 3.31. The first-order chi connectivity index (χ1) is 13.0. The van der Waals surface area contributed by atoms with E-state index in [2.05, 4.69) is 11.4 Å². The highest BCUT2D eigenvalue weighted by atomic mass is 16.5. The number of rotatable bonds is 6. The predicted octanol–water partition coefficient (Wildman–Crippen LogP) is 1.51. The minimum absolute atomic E-state index is 0.0588.